The van der Waals surface area contributed by atoms with Gasteiger partial charge in [-0.2, -0.15) is 0 Å². The van der Waals surface area contributed by atoms with Gasteiger partial charge in [-0.05, 0) is 32.1 Å². The van der Waals surface area contributed by atoms with Crippen LogP contribution in [0.5, 0.6) is 0 Å². The van der Waals surface area contributed by atoms with Gasteiger partial charge in [0.05, 0.1) is 5.54 Å². The Labute approximate surface area is 84.8 Å². The smallest absolute Gasteiger partial charge is 0.317 e. The average molecular weight is 197 g/mol. The number of likely N-dealkylation sites (tertiary alicyclic amines) is 1. The Balaban J connectivity index is 2.06. The van der Waals surface area contributed by atoms with Gasteiger partial charge < -0.3 is 16.0 Å². The summed E-state index contributed by atoms with van der Waals surface area (Å²) < 4.78 is 0. The van der Waals surface area contributed by atoms with Crippen molar-refractivity contribution in [3.63, 3.8) is 0 Å². The summed E-state index contributed by atoms with van der Waals surface area (Å²) in [6.07, 6.45) is 3.48. The fourth-order valence-electron chi connectivity index (χ4n) is 2.70. The van der Waals surface area contributed by atoms with Crippen molar-refractivity contribution in [1.82, 2.24) is 10.2 Å². The summed E-state index contributed by atoms with van der Waals surface area (Å²) in [4.78, 5) is 13.7. The highest BCUT2D eigenvalue weighted by Crippen LogP contribution is 2.53. The van der Waals surface area contributed by atoms with E-state index in [2.05, 4.69) is 5.32 Å². The van der Waals surface area contributed by atoms with Gasteiger partial charge in [0.15, 0.2) is 0 Å². The normalized spacial score (nSPS) is 35.0. The van der Waals surface area contributed by atoms with Gasteiger partial charge in [0, 0.05) is 19.6 Å². The summed E-state index contributed by atoms with van der Waals surface area (Å²) in [5.74, 6) is 0.670. The van der Waals surface area contributed by atoms with Crippen molar-refractivity contribution in [2.75, 3.05) is 19.6 Å². The van der Waals surface area contributed by atoms with Gasteiger partial charge in [0.2, 0.25) is 0 Å². The Kier molecular flexibility index (Phi) is 2.39. The van der Waals surface area contributed by atoms with Gasteiger partial charge in [-0.1, -0.05) is 0 Å². The standard InChI is InChI=1S/C10H19N3O/c1-2-12-9(14)13-5-3-4-8-6-10(8,13)7-11/h8H,2-7,11H2,1H3,(H,12,14). The summed E-state index contributed by atoms with van der Waals surface area (Å²) >= 11 is 0. The summed E-state index contributed by atoms with van der Waals surface area (Å²) in [7, 11) is 0. The number of urea groups is 1. The molecule has 1 aliphatic heterocycles. The van der Waals surface area contributed by atoms with E-state index in [1.54, 1.807) is 0 Å². The van der Waals surface area contributed by atoms with Crippen LogP contribution in [0.3, 0.4) is 0 Å². The number of carbonyl (C=O) groups is 1. The highest BCUT2D eigenvalue weighted by Gasteiger charge is 2.59. The van der Waals surface area contributed by atoms with Crippen LogP contribution >= 0.6 is 0 Å². The predicted molar refractivity (Wildman–Crippen MR) is 54.9 cm³/mol. The number of hydrogen-bond donors (Lipinski definition) is 2. The third-order valence-corrected chi connectivity index (χ3v) is 3.60. The monoisotopic (exact) mass is 197 g/mol. The SMILES string of the molecule is CCNC(=O)N1CCCC2CC21CN. The molecule has 2 fully saturated rings. The first-order valence-electron chi connectivity index (χ1n) is 5.50. The molecule has 2 rings (SSSR count). The molecule has 1 heterocycles. The van der Waals surface area contributed by atoms with E-state index in [0.29, 0.717) is 19.0 Å². The van der Waals surface area contributed by atoms with Crippen molar-refractivity contribution < 1.29 is 4.79 Å². The van der Waals surface area contributed by atoms with E-state index in [0.717, 1.165) is 19.4 Å². The molecule has 0 aromatic carbocycles. The molecule has 1 saturated carbocycles. The Morgan fingerprint density at radius 3 is 3.14 bits per heavy atom. The lowest BCUT2D eigenvalue weighted by molar-refractivity contribution is 0.144. The maximum Gasteiger partial charge on any atom is 0.317 e. The number of carbonyl (C=O) groups excluding carboxylic acids is 1. The molecule has 14 heavy (non-hydrogen) atoms. The maximum atomic E-state index is 11.8. The Morgan fingerprint density at radius 2 is 2.50 bits per heavy atom. The van der Waals surface area contributed by atoms with Gasteiger partial charge in [-0.15, -0.1) is 0 Å². The van der Waals surface area contributed by atoms with Crippen molar-refractivity contribution in [2.24, 2.45) is 11.7 Å². The van der Waals surface area contributed by atoms with Crippen molar-refractivity contribution in [3.05, 3.63) is 0 Å². The number of piperidine rings is 1. The zero-order chi connectivity index (χ0) is 10.2. The number of nitrogens with one attached hydrogen (secondary N) is 1. The van der Waals surface area contributed by atoms with E-state index in [9.17, 15) is 4.79 Å². The summed E-state index contributed by atoms with van der Waals surface area (Å²) in [6, 6.07) is 0.0696. The second-order valence-electron chi connectivity index (χ2n) is 4.34. The van der Waals surface area contributed by atoms with Crippen molar-refractivity contribution in [3.8, 4) is 0 Å². The molecule has 0 aromatic heterocycles. The largest absolute Gasteiger partial charge is 0.338 e. The molecule has 2 atom stereocenters. The Morgan fingerprint density at radius 1 is 1.71 bits per heavy atom. The molecule has 2 amide bonds. The second kappa shape index (κ2) is 3.42. The molecule has 1 aliphatic carbocycles. The molecule has 0 spiro atoms. The van der Waals surface area contributed by atoms with Crippen LogP contribution in [-0.4, -0.2) is 36.1 Å². The van der Waals surface area contributed by atoms with E-state index in [-0.39, 0.29) is 11.6 Å². The minimum absolute atomic E-state index is 0.0253. The predicted octanol–water partition coefficient (Wildman–Crippen LogP) is 0.529. The molecule has 0 radical (unpaired) electrons. The lowest BCUT2D eigenvalue weighted by Crippen LogP contribution is -2.54. The average Bonchev–Trinajstić information content (AvgIpc) is 2.92. The molecule has 1 saturated heterocycles. The van der Waals surface area contributed by atoms with Crippen LogP contribution < -0.4 is 11.1 Å². The maximum absolute atomic E-state index is 11.8. The van der Waals surface area contributed by atoms with Gasteiger partial charge in [0.25, 0.3) is 0 Å². The van der Waals surface area contributed by atoms with Crippen molar-refractivity contribution >= 4 is 6.03 Å². The minimum Gasteiger partial charge on any atom is -0.338 e. The Hall–Kier alpha value is -0.770. The van der Waals surface area contributed by atoms with E-state index in [4.69, 9.17) is 5.73 Å². The van der Waals surface area contributed by atoms with Gasteiger partial charge in [-0.25, -0.2) is 4.79 Å². The van der Waals surface area contributed by atoms with E-state index in [1.165, 1.54) is 6.42 Å². The number of fused-ring (bicyclic) bond motifs is 1. The topological polar surface area (TPSA) is 58.4 Å². The zero-order valence-corrected chi connectivity index (χ0v) is 8.75. The van der Waals surface area contributed by atoms with Crippen molar-refractivity contribution in [1.29, 1.82) is 0 Å². The number of nitrogens with two attached hydrogens (primary N) is 1. The third kappa shape index (κ3) is 1.29. The van der Waals surface area contributed by atoms with Crippen LogP contribution in [0.2, 0.25) is 0 Å². The zero-order valence-electron chi connectivity index (χ0n) is 8.75. The molecule has 0 aromatic rings. The molecule has 4 nitrogen and oxygen atoms in total. The lowest BCUT2D eigenvalue weighted by atomic mass is 10.0. The van der Waals surface area contributed by atoms with E-state index >= 15 is 0 Å². The number of hydrogen-bond acceptors (Lipinski definition) is 2. The summed E-state index contributed by atoms with van der Waals surface area (Å²) in [6.45, 7) is 4.14. The van der Waals surface area contributed by atoms with Crippen LogP contribution in [-0.2, 0) is 0 Å². The quantitative estimate of drug-likeness (QED) is 0.678. The van der Waals surface area contributed by atoms with Gasteiger partial charge in [0.1, 0.15) is 0 Å². The molecule has 4 heteroatoms. The lowest BCUT2D eigenvalue weighted by Gasteiger charge is -2.35. The number of amides is 2. The van der Waals surface area contributed by atoms with Crippen LogP contribution in [0.4, 0.5) is 4.79 Å². The number of rotatable bonds is 2. The molecule has 3 N–H and O–H groups in total. The molecule has 2 unspecified atom stereocenters. The molecule has 2 aliphatic rings. The molecular weight excluding hydrogens is 178 g/mol. The third-order valence-electron chi connectivity index (χ3n) is 3.60. The van der Waals surface area contributed by atoms with Gasteiger partial charge >= 0.3 is 6.03 Å². The van der Waals surface area contributed by atoms with Crippen LogP contribution in [0.25, 0.3) is 0 Å². The van der Waals surface area contributed by atoms with Gasteiger partial charge in [-0.3, -0.25) is 0 Å². The summed E-state index contributed by atoms with van der Waals surface area (Å²) in [5.41, 5.74) is 5.81. The van der Waals surface area contributed by atoms with E-state index in [1.807, 2.05) is 11.8 Å². The first-order valence-corrected chi connectivity index (χ1v) is 5.50. The van der Waals surface area contributed by atoms with E-state index < -0.39 is 0 Å². The van der Waals surface area contributed by atoms with Crippen LogP contribution in [0.1, 0.15) is 26.2 Å². The molecule has 80 valence electrons. The highest BCUT2D eigenvalue weighted by atomic mass is 16.2. The number of nitrogens with zero attached hydrogens (tertiary/aromatic N) is 1. The molecule has 0 bridgehead atoms. The second-order valence-corrected chi connectivity index (χ2v) is 4.34. The molecular formula is C10H19N3O. The Bertz CT molecular complexity index is 244. The first kappa shape index (κ1) is 9.77. The fourth-order valence-corrected chi connectivity index (χ4v) is 2.70. The minimum atomic E-state index is 0.0253. The van der Waals surface area contributed by atoms with Crippen LogP contribution in [0.15, 0.2) is 0 Å². The first-order chi connectivity index (χ1) is 6.74. The highest BCUT2D eigenvalue weighted by molar-refractivity contribution is 5.76. The fraction of sp³-hybridized carbons (Fsp3) is 0.900. The van der Waals surface area contributed by atoms with Crippen LogP contribution in [0, 0.1) is 5.92 Å². The summed E-state index contributed by atoms with van der Waals surface area (Å²) in [5, 5.41) is 2.86. The van der Waals surface area contributed by atoms with Crippen molar-refractivity contribution in [2.45, 2.75) is 31.7 Å².